The van der Waals surface area contributed by atoms with Gasteiger partial charge in [0.05, 0.1) is 28.5 Å². The molecule has 0 saturated carbocycles. The zero-order chi connectivity index (χ0) is 23.6. The molecule has 0 N–H and O–H groups in total. The number of fused-ring (bicyclic) bond motifs is 2. The van der Waals surface area contributed by atoms with E-state index in [0.717, 1.165) is 16.8 Å². The number of alkyl halides is 6. The van der Waals surface area contributed by atoms with Gasteiger partial charge in [-0.25, -0.2) is 23.4 Å². The molecule has 0 spiro atoms. The van der Waals surface area contributed by atoms with E-state index in [4.69, 9.17) is 0 Å². The van der Waals surface area contributed by atoms with Gasteiger partial charge in [0.1, 0.15) is 17.0 Å². The Morgan fingerprint density at radius 3 is 2.31 bits per heavy atom. The number of halogens is 6. The van der Waals surface area contributed by atoms with Crippen LogP contribution in [-0.2, 0) is 29.2 Å². The Balaban J connectivity index is 2.04. The summed E-state index contributed by atoms with van der Waals surface area (Å²) in [6, 6.07) is 2.09. The molecule has 0 saturated heterocycles. The Bertz CT molecular complexity index is 1470. The first-order valence-corrected chi connectivity index (χ1v) is 10.6. The van der Waals surface area contributed by atoms with Crippen molar-refractivity contribution in [3.63, 3.8) is 0 Å². The molecule has 0 bridgehead atoms. The molecule has 32 heavy (non-hydrogen) atoms. The van der Waals surface area contributed by atoms with Gasteiger partial charge >= 0.3 is 12.4 Å². The molecule has 4 rings (SSSR count). The lowest BCUT2D eigenvalue weighted by Gasteiger charge is -2.08. The Morgan fingerprint density at radius 1 is 1.03 bits per heavy atom. The number of pyridine rings is 2. The minimum Gasteiger partial charge on any atom is -0.324 e. The van der Waals surface area contributed by atoms with Crippen molar-refractivity contribution in [3.05, 3.63) is 41.9 Å². The lowest BCUT2D eigenvalue weighted by atomic mass is 10.2. The van der Waals surface area contributed by atoms with Gasteiger partial charge < -0.3 is 4.57 Å². The van der Waals surface area contributed by atoms with Crippen molar-refractivity contribution in [3.8, 4) is 11.5 Å². The maximum Gasteiger partial charge on any atom is 0.433 e. The molecule has 14 heteroatoms. The van der Waals surface area contributed by atoms with Crippen LogP contribution in [0.1, 0.15) is 18.2 Å². The van der Waals surface area contributed by atoms with Crippen LogP contribution in [0.5, 0.6) is 0 Å². The number of rotatable bonds is 3. The van der Waals surface area contributed by atoms with Gasteiger partial charge in [0.15, 0.2) is 20.7 Å². The number of hydrogen-bond donors (Lipinski definition) is 0. The summed E-state index contributed by atoms with van der Waals surface area (Å²) in [5.74, 6) is -0.524. The fourth-order valence-electron chi connectivity index (χ4n) is 3.23. The van der Waals surface area contributed by atoms with E-state index in [2.05, 4.69) is 15.0 Å². The molecule has 0 fully saturated rings. The first kappa shape index (κ1) is 22.0. The number of hydrogen-bond acceptors (Lipinski definition) is 5. The summed E-state index contributed by atoms with van der Waals surface area (Å²) in [7, 11) is -2.61. The van der Waals surface area contributed by atoms with Crippen molar-refractivity contribution in [2.24, 2.45) is 7.05 Å². The number of imidazole rings is 2. The highest BCUT2D eigenvalue weighted by atomic mass is 32.2. The fraction of sp³-hybridized carbons (Fsp3) is 0.278. The van der Waals surface area contributed by atoms with Crippen LogP contribution < -0.4 is 0 Å². The number of nitrogens with zero attached hydrogens (tertiary/aromatic N) is 5. The van der Waals surface area contributed by atoms with E-state index < -0.39 is 44.2 Å². The van der Waals surface area contributed by atoms with Gasteiger partial charge in [-0.15, -0.1) is 0 Å². The lowest BCUT2D eigenvalue weighted by Crippen LogP contribution is -2.10. The molecule has 0 aliphatic heterocycles. The van der Waals surface area contributed by atoms with Gasteiger partial charge in [-0.3, -0.25) is 4.40 Å². The number of aryl methyl sites for hydroxylation is 1. The van der Waals surface area contributed by atoms with Gasteiger partial charge in [-0.2, -0.15) is 26.3 Å². The highest BCUT2D eigenvalue weighted by molar-refractivity contribution is 7.91. The minimum atomic E-state index is -4.72. The van der Waals surface area contributed by atoms with Crippen molar-refractivity contribution >= 4 is 26.5 Å². The van der Waals surface area contributed by atoms with Gasteiger partial charge in [0.25, 0.3) is 0 Å². The summed E-state index contributed by atoms with van der Waals surface area (Å²) in [6.07, 6.45) is -7.54. The maximum atomic E-state index is 13.1. The van der Waals surface area contributed by atoms with Crippen molar-refractivity contribution in [1.29, 1.82) is 0 Å². The molecule has 0 atom stereocenters. The summed E-state index contributed by atoms with van der Waals surface area (Å²) >= 11 is 0. The summed E-state index contributed by atoms with van der Waals surface area (Å²) in [5, 5.41) is -0.411. The summed E-state index contributed by atoms with van der Waals surface area (Å²) in [4.78, 5) is 11.5. The van der Waals surface area contributed by atoms with E-state index in [1.807, 2.05) is 0 Å². The van der Waals surface area contributed by atoms with E-state index >= 15 is 0 Å². The van der Waals surface area contributed by atoms with Crippen LogP contribution in [0.15, 0.2) is 35.6 Å². The van der Waals surface area contributed by atoms with Crippen molar-refractivity contribution in [1.82, 2.24) is 23.9 Å². The van der Waals surface area contributed by atoms with Crippen LogP contribution in [0.2, 0.25) is 0 Å². The van der Waals surface area contributed by atoms with Crippen molar-refractivity contribution in [2.45, 2.75) is 24.3 Å². The average Bonchev–Trinajstić information content (AvgIpc) is 3.24. The monoisotopic (exact) mass is 477 g/mol. The van der Waals surface area contributed by atoms with Gasteiger partial charge in [-0.05, 0) is 18.2 Å². The molecule has 4 aromatic heterocycles. The molecule has 4 aromatic rings. The largest absolute Gasteiger partial charge is 0.433 e. The molecule has 4 heterocycles. The third-order valence-electron chi connectivity index (χ3n) is 4.85. The normalized spacial score (nSPS) is 13.4. The summed E-state index contributed by atoms with van der Waals surface area (Å²) in [5.41, 5.74) is -2.79. The molecule has 0 aromatic carbocycles. The van der Waals surface area contributed by atoms with Crippen LogP contribution in [0.4, 0.5) is 26.3 Å². The van der Waals surface area contributed by atoms with Crippen LogP contribution in [0.25, 0.3) is 28.2 Å². The lowest BCUT2D eigenvalue weighted by molar-refractivity contribution is -0.141. The average molecular weight is 477 g/mol. The molecule has 170 valence electrons. The molecule has 7 nitrogen and oxygen atoms in total. The molecule has 0 radical (unpaired) electrons. The Morgan fingerprint density at radius 2 is 1.72 bits per heavy atom. The Labute approximate surface area is 176 Å². The van der Waals surface area contributed by atoms with E-state index in [1.54, 1.807) is 0 Å². The molecular weight excluding hydrogens is 464 g/mol. The highest BCUT2D eigenvalue weighted by Crippen LogP contribution is 2.35. The number of sulfone groups is 1. The second kappa shape index (κ2) is 6.92. The first-order chi connectivity index (χ1) is 14.7. The summed E-state index contributed by atoms with van der Waals surface area (Å²) < 4.78 is 106. The van der Waals surface area contributed by atoms with Crippen LogP contribution in [-0.4, -0.2) is 38.1 Å². The summed E-state index contributed by atoms with van der Waals surface area (Å²) in [6.45, 7) is 1.34. The number of aromatic nitrogens is 5. The van der Waals surface area contributed by atoms with Crippen molar-refractivity contribution in [2.75, 3.05) is 5.75 Å². The Kier molecular flexibility index (Phi) is 4.77. The second-order valence-corrected chi connectivity index (χ2v) is 9.05. The smallest absolute Gasteiger partial charge is 0.324 e. The predicted molar refractivity (Wildman–Crippen MR) is 100 cm³/mol. The Hall–Kier alpha value is -3.16. The third-order valence-corrected chi connectivity index (χ3v) is 6.59. The molecule has 0 aliphatic carbocycles. The fourth-order valence-corrected chi connectivity index (χ4v) is 4.39. The second-order valence-electron chi connectivity index (χ2n) is 6.86. The van der Waals surface area contributed by atoms with Gasteiger partial charge in [-0.1, -0.05) is 6.92 Å². The van der Waals surface area contributed by atoms with E-state index in [1.165, 1.54) is 18.5 Å². The molecule has 0 aliphatic rings. The highest BCUT2D eigenvalue weighted by Gasteiger charge is 2.35. The van der Waals surface area contributed by atoms with Crippen molar-refractivity contribution < 1.29 is 34.8 Å². The first-order valence-electron chi connectivity index (χ1n) is 8.96. The van der Waals surface area contributed by atoms with Gasteiger partial charge in [0, 0.05) is 13.2 Å². The molecular formula is C18H13F6N5O2S. The topological polar surface area (TPSA) is 82.1 Å². The van der Waals surface area contributed by atoms with E-state index in [-0.39, 0.29) is 28.2 Å². The van der Waals surface area contributed by atoms with E-state index in [0.29, 0.717) is 18.2 Å². The van der Waals surface area contributed by atoms with Crippen LogP contribution >= 0.6 is 0 Å². The SMILES string of the molecule is CCS(=O)(=O)c1c(-c2nc3cc(C(F)(F)F)ncc3n2C)nc2cc(C(F)(F)F)ccn12. The van der Waals surface area contributed by atoms with Gasteiger partial charge in [0.2, 0.25) is 0 Å². The van der Waals surface area contributed by atoms with Crippen LogP contribution in [0.3, 0.4) is 0 Å². The zero-order valence-electron chi connectivity index (χ0n) is 16.3. The minimum absolute atomic E-state index is 0.127. The standard InChI is InChI=1S/C18H13F6N5O2S/c1-3-32(30,31)16-14(27-13-6-9(17(19,20)21)4-5-29(13)16)15-26-10-7-12(18(22,23)24)25-8-11(10)28(15)2/h4-8H,3H2,1-2H3. The maximum absolute atomic E-state index is 13.1. The quantitative estimate of drug-likeness (QED) is 0.415. The molecule has 0 unspecified atom stereocenters. The third kappa shape index (κ3) is 3.47. The predicted octanol–water partition coefficient (Wildman–Crippen LogP) is 4.11. The van der Waals surface area contributed by atoms with E-state index in [9.17, 15) is 34.8 Å². The zero-order valence-corrected chi connectivity index (χ0v) is 17.1. The molecule has 0 amide bonds. The van der Waals surface area contributed by atoms with Crippen LogP contribution in [0, 0.1) is 0 Å².